The first-order valence-corrected chi connectivity index (χ1v) is 16.3. The molecular formula is C26H33NO5SSi. The number of carbonyl (C=O) groups excluding carboxylic acids is 1. The van der Waals surface area contributed by atoms with Gasteiger partial charge in [-0.15, -0.1) is 5.54 Å². The lowest BCUT2D eigenvalue weighted by Crippen LogP contribution is -2.47. The van der Waals surface area contributed by atoms with Crippen LogP contribution in [-0.4, -0.2) is 34.1 Å². The van der Waals surface area contributed by atoms with Gasteiger partial charge >= 0.3 is 5.97 Å². The predicted octanol–water partition coefficient (Wildman–Crippen LogP) is 5.46. The molecule has 0 aliphatic rings. The van der Waals surface area contributed by atoms with E-state index in [9.17, 15) is 13.2 Å². The van der Waals surface area contributed by atoms with Gasteiger partial charge in [-0.1, -0.05) is 39.4 Å². The zero-order valence-corrected chi connectivity index (χ0v) is 22.9. The van der Waals surface area contributed by atoms with E-state index in [2.05, 4.69) is 35.8 Å². The first kappa shape index (κ1) is 26.0. The first-order chi connectivity index (χ1) is 15.6. The summed E-state index contributed by atoms with van der Waals surface area (Å²) in [6.45, 7) is 15.3. The van der Waals surface area contributed by atoms with Gasteiger partial charge in [0.05, 0.1) is 4.90 Å². The van der Waals surface area contributed by atoms with Crippen LogP contribution in [0.1, 0.15) is 40.2 Å². The van der Waals surface area contributed by atoms with Gasteiger partial charge in [-0.2, -0.15) is 4.72 Å². The lowest BCUT2D eigenvalue weighted by molar-refractivity contribution is -0.158. The third-order valence-electron chi connectivity index (χ3n) is 4.94. The maximum absolute atomic E-state index is 13.1. The number of carbonyl (C=O) groups is 1. The summed E-state index contributed by atoms with van der Waals surface area (Å²) in [5.74, 6) is 2.34. The van der Waals surface area contributed by atoms with Crippen LogP contribution in [-0.2, 0) is 19.6 Å². The van der Waals surface area contributed by atoms with Crippen LogP contribution in [0.5, 0.6) is 0 Å². The fraction of sp³-hybridized carbons (Fsp3) is 0.423. The van der Waals surface area contributed by atoms with Crippen molar-refractivity contribution in [3.8, 4) is 11.5 Å². The Hall–Kier alpha value is -2.60. The van der Waals surface area contributed by atoms with Crippen molar-refractivity contribution in [1.82, 2.24) is 4.72 Å². The summed E-state index contributed by atoms with van der Waals surface area (Å²) in [6.07, 6.45) is 0. The number of hydrogen-bond donors (Lipinski definition) is 1. The minimum Gasteiger partial charge on any atom is -0.459 e. The SMILES string of the molecule is CC(C)C(NS(=O)(=O)c1ccc2c(c1)oc1ccc(C#C[Si](C)(C)C)cc12)C(=O)OC(C)(C)C. The van der Waals surface area contributed by atoms with Gasteiger partial charge in [0.2, 0.25) is 10.0 Å². The lowest BCUT2D eigenvalue weighted by Gasteiger charge is -2.26. The minimum atomic E-state index is -4.00. The second kappa shape index (κ2) is 9.21. The molecule has 3 rings (SSSR count). The molecule has 0 amide bonds. The summed E-state index contributed by atoms with van der Waals surface area (Å²) >= 11 is 0. The number of benzene rings is 2. The molecular weight excluding hydrogens is 466 g/mol. The number of furan rings is 1. The van der Waals surface area contributed by atoms with Crippen molar-refractivity contribution in [2.45, 2.75) is 70.8 Å². The molecule has 1 unspecified atom stereocenters. The summed E-state index contributed by atoms with van der Waals surface area (Å²) < 4.78 is 40.1. The molecule has 0 saturated heterocycles. The predicted molar refractivity (Wildman–Crippen MR) is 139 cm³/mol. The van der Waals surface area contributed by atoms with Crippen LogP contribution >= 0.6 is 0 Å². The van der Waals surface area contributed by atoms with Crippen molar-refractivity contribution in [2.24, 2.45) is 5.92 Å². The molecule has 1 atom stereocenters. The van der Waals surface area contributed by atoms with E-state index in [4.69, 9.17) is 9.15 Å². The van der Waals surface area contributed by atoms with Gasteiger partial charge in [0.1, 0.15) is 30.9 Å². The third kappa shape index (κ3) is 6.29. The number of sulfonamides is 1. The highest BCUT2D eigenvalue weighted by molar-refractivity contribution is 7.89. The van der Waals surface area contributed by atoms with Gasteiger partial charge < -0.3 is 9.15 Å². The molecule has 0 radical (unpaired) electrons. The standard InChI is InChI=1S/C26H33NO5SSi/c1-17(2)24(25(28)32-26(3,4)5)27-33(29,30)19-10-11-20-21-15-18(13-14-34(6,7)8)9-12-22(21)31-23(20)16-19/h9-12,15-17,24,27H,1-8H3. The minimum absolute atomic E-state index is 0.0204. The highest BCUT2D eigenvalue weighted by Crippen LogP contribution is 2.31. The molecule has 6 nitrogen and oxygen atoms in total. The number of fused-ring (bicyclic) bond motifs is 3. The van der Waals surface area contributed by atoms with Crippen LogP contribution in [0.15, 0.2) is 45.7 Å². The Kier molecular flexibility index (Phi) is 7.05. The Labute approximate surface area is 203 Å². The van der Waals surface area contributed by atoms with Crippen LogP contribution in [0.4, 0.5) is 0 Å². The van der Waals surface area contributed by atoms with Crippen LogP contribution < -0.4 is 4.72 Å². The van der Waals surface area contributed by atoms with Crippen LogP contribution in [0.2, 0.25) is 19.6 Å². The van der Waals surface area contributed by atoms with E-state index in [-0.39, 0.29) is 10.8 Å². The molecule has 1 N–H and O–H groups in total. The monoisotopic (exact) mass is 499 g/mol. The summed E-state index contributed by atoms with van der Waals surface area (Å²) in [7, 11) is -5.50. The molecule has 0 aliphatic carbocycles. The molecule has 3 aromatic rings. The van der Waals surface area contributed by atoms with Crippen molar-refractivity contribution in [3.63, 3.8) is 0 Å². The van der Waals surface area contributed by atoms with Crippen LogP contribution in [0.25, 0.3) is 21.9 Å². The van der Waals surface area contributed by atoms with Gasteiger partial charge in [0.15, 0.2) is 0 Å². The Morgan fingerprint density at radius 1 is 1.03 bits per heavy atom. The van der Waals surface area contributed by atoms with E-state index >= 15 is 0 Å². The number of rotatable bonds is 5. The van der Waals surface area contributed by atoms with E-state index in [0.717, 1.165) is 16.3 Å². The molecule has 8 heteroatoms. The van der Waals surface area contributed by atoms with Gasteiger partial charge in [-0.05, 0) is 57.0 Å². The molecule has 0 bridgehead atoms. The van der Waals surface area contributed by atoms with Crippen molar-refractivity contribution in [2.75, 3.05) is 0 Å². The van der Waals surface area contributed by atoms with E-state index in [1.165, 1.54) is 12.1 Å². The largest absolute Gasteiger partial charge is 0.459 e. The molecule has 1 aromatic heterocycles. The summed E-state index contributed by atoms with van der Waals surface area (Å²) in [4.78, 5) is 12.6. The number of esters is 1. The first-order valence-electron chi connectivity index (χ1n) is 11.3. The Balaban J connectivity index is 1.96. The van der Waals surface area contributed by atoms with E-state index in [1.54, 1.807) is 40.7 Å². The quantitative estimate of drug-likeness (QED) is 0.286. The molecule has 0 spiro atoms. The van der Waals surface area contributed by atoms with Crippen molar-refractivity contribution in [1.29, 1.82) is 0 Å². The second-order valence-electron chi connectivity index (χ2n) is 10.8. The average Bonchev–Trinajstić information content (AvgIpc) is 3.05. The molecule has 0 fully saturated rings. The smallest absolute Gasteiger partial charge is 0.324 e. The normalized spacial score (nSPS) is 13.7. The summed E-state index contributed by atoms with van der Waals surface area (Å²) in [5, 5.41) is 1.68. The number of ether oxygens (including phenoxy) is 1. The topological polar surface area (TPSA) is 85.6 Å². The van der Waals surface area contributed by atoms with Gasteiger partial charge in [-0.3, -0.25) is 4.79 Å². The second-order valence-corrected chi connectivity index (χ2v) is 17.3. The molecule has 182 valence electrons. The van der Waals surface area contributed by atoms with Crippen molar-refractivity contribution >= 4 is 46.0 Å². The summed E-state index contributed by atoms with van der Waals surface area (Å²) in [5.41, 5.74) is 4.64. The molecule has 34 heavy (non-hydrogen) atoms. The van der Waals surface area contributed by atoms with Crippen molar-refractivity contribution in [3.05, 3.63) is 42.0 Å². The number of hydrogen-bond acceptors (Lipinski definition) is 5. The van der Waals surface area contributed by atoms with E-state index in [0.29, 0.717) is 11.2 Å². The zero-order valence-electron chi connectivity index (χ0n) is 21.1. The molecule has 0 aliphatic heterocycles. The van der Waals surface area contributed by atoms with Crippen LogP contribution in [0.3, 0.4) is 0 Å². The highest BCUT2D eigenvalue weighted by Gasteiger charge is 2.32. The zero-order chi connectivity index (χ0) is 25.5. The number of nitrogens with one attached hydrogen (secondary N) is 1. The Morgan fingerprint density at radius 3 is 2.29 bits per heavy atom. The Morgan fingerprint density at radius 2 is 1.71 bits per heavy atom. The fourth-order valence-corrected chi connectivity index (χ4v) is 5.19. The highest BCUT2D eigenvalue weighted by atomic mass is 32.2. The van der Waals surface area contributed by atoms with Gasteiger partial charge in [0, 0.05) is 22.4 Å². The van der Waals surface area contributed by atoms with E-state index in [1.807, 2.05) is 18.2 Å². The third-order valence-corrected chi connectivity index (χ3v) is 7.26. The maximum Gasteiger partial charge on any atom is 0.324 e. The van der Waals surface area contributed by atoms with Crippen LogP contribution in [0, 0.1) is 17.4 Å². The maximum atomic E-state index is 13.1. The van der Waals surface area contributed by atoms with Crippen molar-refractivity contribution < 1.29 is 22.4 Å². The molecule has 0 saturated carbocycles. The van der Waals surface area contributed by atoms with E-state index < -0.39 is 35.7 Å². The van der Waals surface area contributed by atoms with Gasteiger partial charge in [0.25, 0.3) is 0 Å². The van der Waals surface area contributed by atoms with Gasteiger partial charge in [-0.25, -0.2) is 8.42 Å². The molecule has 2 aromatic carbocycles. The summed E-state index contributed by atoms with van der Waals surface area (Å²) in [6, 6.07) is 9.45. The fourth-order valence-electron chi connectivity index (χ4n) is 3.32. The Bertz CT molecular complexity index is 1400. The molecule has 1 heterocycles. The lowest BCUT2D eigenvalue weighted by atomic mass is 10.1. The average molecular weight is 500 g/mol.